The fourth-order valence-corrected chi connectivity index (χ4v) is 3.51. The van der Waals surface area contributed by atoms with Gasteiger partial charge in [-0.25, -0.2) is 13.4 Å². The van der Waals surface area contributed by atoms with Crippen LogP contribution in [0.1, 0.15) is 11.3 Å². The second-order valence-corrected chi connectivity index (χ2v) is 7.18. The maximum atomic E-state index is 11.7. The second-order valence-electron chi connectivity index (χ2n) is 4.07. The van der Waals surface area contributed by atoms with E-state index in [1.54, 1.807) is 23.7 Å². The summed E-state index contributed by atoms with van der Waals surface area (Å²) in [5, 5.41) is 5.55. The number of thiazole rings is 1. The number of hydrogen-bond acceptors (Lipinski definition) is 5. The van der Waals surface area contributed by atoms with Gasteiger partial charge in [0.1, 0.15) is 0 Å². The molecule has 1 aromatic carbocycles. The first-order valence-electron chi connectivity index (χ1n) is 5.53. The van der Waals surface area contributed by atoms with Crippen LogP contribution < -0.4 is 5.32 Å². The summed E-state index contributed by atoms with van der Waals surface area (Å²) in [7, 11) is -3.28. The number of halogens is 1. The molecule has 19 heavy (non-hydrogen) atoms. The zero-order valence-electron chi connectivity index (χ0n) is 10.3. The summed E-state index contributed by atoms with van der Waals surface area (Å²) in [5.74, 6) is 0. The van der Waals surface area contributed by atoms with Crippen LogP contribution in [0.4, 0.5) is 0 Å². The Labute approximate surface area is 121 Å². The lowest BCUT2D eigenvalue weighted by Gasteiger charge is -2.10. The van der Waals surface area contributed by atoms with Gasteiger partial charge in [0, 0.05) is 35.3 Å². The number of aromatic nitrogens is 1. The highest BCUT2D eigenvalue weighted by Gasteiger charge is 2.15. The molecule has 0 amide bonds. The Kier molecular flexibility index (Phi) is 4.57. The molecule has 102 valence electrons. The standard InChI is InChI=1S/C12H13ClN2O2S2/c1-19(16,17)12-4-2-3-11(13)10(12)6-14-5-9-7-18-8-15-9/h2-4,7-8,14H,5-6H2,1H3. The fourth-order valence-electron chi connectivity index (χ4n) is 1.70. The average Bonchev–Trinajstić information content (AvgIpc) is 2.82. The van der Waals surface area contributed by atoms with Crippen LogP contribution in [0.15, 0.2) is 34.0 Å². The van der Waals surface area contributed by atoms with E-state index in [1.807, 2.05) is 5.38 Å². The molecule has 0 atom stereocenters. The summed E-state index contributed by atoms with van der Waals surface area (Å²) >= 11 is 7.60. The van der Waals surface area contributed by atoms with Crippen LogP contribution in [-0.2, 0) is 22.9 Å². The predicted octanol–water partition coefficient (Wildman–Crippen LogP) is 2.49. The van der Waals surface area contributed by atoms with E-state index in [1.165, 1.54) is 17.6 Å². The Balaban J connectivity index is 2.15. The first-order chi connectivity index (χ1) is 8.98. The summed E-state index contributed by atoms with van der Waals surface area (Å²) in [4.78, 5) is 4.42. The lowest BCUT2D eigenvalue weighted by atomic mass is 10.2. The third kappa shape index (κ3) is 3.76. The number of sulfone groups is 1. The molecule has 0 fully saturated rings. The molecule has 4 nitrogen and oxygen atoms in total. The van der Waals surface area contributed by atoms with Gasteiger partial charge in [-0.05, 0) is 12.1 Å². The Morgan fingerprint density at radius 1 is 1.37 bits per heavy atom. The van der Waals surface area contributed by atoms with Crippen LogP contribution in [-0.4, -0.2) is 19.7 Å². The highest BCUT2D eigenvalue weighted by molar-refractivity contribution is 7.90. The number of rotatable bonds is 5. The molecule has 7 heteroatoms. The van der Waals surface area contributed by atoms with Gasteiger partial charge in [-0.1, -0.05) is 17.7 Å². The van der Waals surface area contributed by atoms with Crippen molar-refractivity contribution in [3.8, 4) is 0 Å². The van der Waals surface area contributed by atoms with Crippen molar-refractivity contribution in [3.63, 3.8) is 0 Å². The Bertz CT molecular complexity index is 654. The van der Waals surface area contributed by atoms with Crippen LogP contribution in [0.3, 0.4) is 0 Å². The van der Waals surface area contributed by atoms with Gasteiger partial charge >= 0.3 is 0 Å². The van der Waals surface area contributed by atoms with E-state index in [0.29, 0.717) is 23.7 Å². The molecule has 2 aromatic rings. The molecule has 0 bridgehead atoms. The van der Waals surface area contributed by atoms with E-state index in [-0.39, 0.29) is 4.90 Å². The fraction of sp³-hybridized carbons (Fsp3) is 0.250. The van der Waals surface area contributed by atoms with E-state index >= 15 is 0 Å². The molecular formula is C12H13ClN2O2S2. The average molecular weight is 317 g/mol. The van der Waals surface area contributed by atoms with Crippen molar-refractivity contribution in [3.05, 3.63) is 45.4 Å². The summed E-state index contributed by atoms with van der Waals surface area (Å²) in [6.07, 6.45) is 1.18. The molecule has 0 saturated carbocycles. The molecule has 0 aliphatic carbocycles. The van der Waals surface area contributed by atoms with Crippen molar-refractivity contribution < 1.29 is 8.42 Å². The molecule has 0 aliphatic rings. The molecular weight excluding hydrogens is 304 g/mol. The maximum absolute atomic E-state index is 11.7. The Hall–Kier alpha value is -0.950. The monoisotopic (exact) mass is 316 g/mol. The van der Waals surface area contributed by atoms with Crippen LogP contribution >= 0.6 is 22.9 Å². The van der Waals surface area contributed by atoms with Crippen molar-refractivity contribution >= 4 is 32.8 Å². The molecule has 2 rings (SSSR count). The van der Waals surface area contributed by atoms with E-state index in [4.69, 9.17) is 11.6 Å². The minimum absolute atomic E-state index is 0.269. The molecule has 1 aromatic heterocycles. The highest BCUT2D eigenvalue weighted by Crippen LogP contribution is 2.23. The smallest absolute Gasteiger partial charge is 0.175 e. The second kappa shape index (κ2) is 6.00. The van der Waals surface area contributed by atoms with Crippen molar-refractivity contribution in [2.75, 3.05) is 6.26 Å². The first-order valence-corrected chi connectivity index (χ1v) is 8.75. The number of benzene rings is 1. The van der Waals surface area contributed by atoms with Gasteiger partial charge in [0.25, 0.3) is 0 Å². The largest absolute Gasteiger partial charge is 0.307 e. The van der Waals surface area contributed by atoms with Gasteiger partial charge in [-0.15, -0.1) is 11.3 Å². The number of nitrogens with zero attached hydrogens (tertiary/aromatic N) is 1. The number of nitrogens with one attached hydrogen (secondary N) is 1. The van der Waals surface area contributed by atoms with Gasteiger partial charge in [0.15, 0.2) is 9.84 Å². The van der Waals surface area contributed by atoms with Gasteiger partial charge in [0.2, 0.25) is 0 Å². The van der Waals surface area contributed by atoms with Gasteiger partial charge in [0.05, 0.1) is 16.1 Å². The molecule has 0 spiro atoms. The van der Waals surface area contributed by atoms with Crippen LogP contribution in [0, 0.1) is 0 Å². The Morgan fingerprint density at radius 3 is 2.79 bits per heavy atom. The predicted molar refractivity (Wildman–Crippen MR) is 77.2 cm³/mol. The van der Waals surface area contributed by atoms with E-state index in [9.17, 15) is 8.42 Å². The SMILES string of the molecule is CS(=O)(=O)c1cccc(Cl)c1CNCc1cscn1. The molecule has 1 heterocycles. The van der Waals surface area contributed by atoms with Crippen molar-refractivity contribution in [2.45, 2.75) is 18.0 Å². The molecule has 1 N–H and O–H groups in total. The minimum atomic E-state index is -3.28. The zero-order valence-corrected chi connectivity index (χ0v) is 12.6. The summed E-state index contributed by atoms with van der Waals surface area (Å²) in [6.45, 7) is 0.970. The van der Waals surface area contributed by atoms with Crippen LogP contribution in [0.2, 0.25) is 5.02 Å². The van der Waals surface area contributed by atoms with E-state index in [2.05, 4.69) is 10.3 Å². The first kappa shape index (κ1) is 14.5. The third-order valence-electron chi connectivity index (χ3n) is 2.57. The van der Waals surface area contributed by atoms with Gasteiger partial charge in [-0.2, -0.15) is 0 Å². The molecule has 0 unspecified atom stereocenters. The zero-order chi connectivity index (χ0) is 13.9. The lowest BCUT2D eigenvalue weighted by molar-refractivity contribution is 0.598. The molecule has 0 aliphatic heterocycles. The van der Waals surface area contributed by atoms with Crippen molar-refractivity contribution in [1.82, 2.24) is 10.3 Å². The van der Waals surface area contributed by atoms with Crippen molar-refractivity contribution in [2.24, 2.45) is 0 Å². The topological polar surface area (TPSA) is 59.1 Å². The number of hydrogen-bond donors (Lipinski definition) is 1. The van der Waals surface area contributed by atoms with Gasteiger partial charge in [-0.3, -0.25) is 0 Å². The highest BCUT2D eigenvalue weighted by atomic mass is 35.5. The van der Waals surface area contributed by atoms with Crippen LogP contribution in [0.25, 0.3) is 0 Å². The maximum Gasteiger partial charge on any atom is 0.175 e. The summed E-state index contributed by atoms with van der Waals surface area (Å²) in [5.41, 5.74) is 3.29. The Morgan fingerprint density at radius 2 is 2.16 bits per heavy atom. The quantitative estimate of drug-likeness (QED) is 0.920. The summed E-state index contributed by atoms with van der Waals surface area (Å²) in [6, 6.07) is 4.90. The summed E-state index contributed by atoms with van der Waals surface area (Å²) < 4.78 is 23.4. The molecule has 0 radical (unpaired) electrons. The minimum Gasteiger partial charge on any atom is -0.307 e. The van der Waals surface area contributed by atoms with Crippen molar-refractivity contribution in [1.29, 1.82) is 0 Å². The van der Waals surface area contributed by atoms with E-state index in [0.717, 1.165) is 5.69 Å². The molecule has 0 saturated heterocycles. The van der Waals surface area contributed by atoms with Crippen LogP contribution in [0.5, 0.6) is 0 Å². The normalized spacial score (nSPS) is 11.7. The lowest BCUT2D eigenvalue weighted by Crippen LogP contribution is -2.15. The van der Waals surface area contributed by atoms with E-state index < -0.39 is 9.84 Å². The third-order valence-corrected chi connectivity index (χ3v) is 4.74. The van der Waals surface area contributed by atoms with Gasteiger partial charge < -0.3 is 5.32 Å².